The lowest BCUT2D eigenvalue weighted by Gasteiger charge is -2.17. The van der Waals surface area contributed by atoms with Crippen LogP contribution in [0.5, 0.6) is 5.88 Å². The molecule has 4 rings (SSSR count). The summed E-state index contributed by atoms with van der Waals surface area (Å²) in [5.41, 5.74) is 3.65. The second kappa shape index (κ2) is 6.35. The number of aromatic nitrogens is 6. The molecule has 0 amide bonds. The minimum atomic E-state index is 0.0425. The third-order valence-electron chi connectivity index (χ3n) is 4.29. The lowest BCUT2D eigenvalue weighted by molar-refractivity contribution is 0.379. The van der Waals surface area contributed by atoms with Gasteiger partial charge in [-0.25, -0.2) is 15.0 Å². The number of nitrogens with one attached hydrogen (secondary N) is 1. The molecule has 0 aliphatic carbocycles. The third-order valence-corrected chi connectivity index (χ3v) is 4.29. The Labute approximate surface area is 144 Å². The van der Waals surface area contributed by atoms with Gasteiger partial charge in [0.2, 0.25) is 5.88 Å². The maximum atomic E-state index is 5.41. The Kier molecular flexibility index (Phi) is 3.89. The van der Waals surface area contributed by atoms with Gasteiger partial charge in [0.15, 0.2) is 0 Å². The van der Waals surface area contributed by atoms with E-state index in [0.717, 1.165) is 34.3 Å². The molecule has 7 heteroatoms. The largest absolute Gasteiger partial charge is 0.481 e. The maximum Gasteiger partial charge on any atom is 0.218 e. The summed E-state index contributed by atoms with van der Waals surface area (Å²) in [6.07, 6.45) is 9.87. The van der Waals surface area contributed by atoms with Gasteiger partial charge in [-0.2, -0.15) is 5.10 Å². The highest BCUT2D eigenvalue weighted by molar-refractivity contribution is 5.89. The number of hydrogen-bond donors (Lipinski definition) is 1. The van der Waals surface area contributed by atoms with Crippen molar-refractivity contribution in [1.29, 1.82) is 0 Å². The number of H-pyrrole nitrogens is 1. The average Bonchev–Trinajstić information content (AvgIpc) is 3.32. The second-order valence-corrected chi connectivity index (χ2v) is 5.70. The zero-order valence-electron chi connectivity index (χ0n) is 14.0. The van der Waals surface area contributed by atoms with E-state index in [-0.39, 0.29) is 6.04 Å². The highest BCUT2D eigenvalue weighted by atomic mass is 16.5. The molecule has 0 spiro atoms. The molecule has 4 heterocycles. The van der Waals surface area contributed by atoms with Crippen molar-refractivity contribution < 1.29 is 4.74 Å². The summed E-state index contributed by atoms with van der Waals surface area (Å²) in [6.45, 7) is 2.12. The lowest BCUT2D eigenvalue weighted by atomic mass is 10.1. The fourth-order valence-corrected chi connectivity index (χ4v) is 3.11. The van der Waals surface area contributed by atoms with E-state index in [2.05, 4.69) is 32.0 Å². The van der Waals surface area contributed by atoms with Crippen LogP contribution in [0.15, 0.2) is 49.3 Å². The van der Waals surface area contributed by atoms with E-state index < -0.39 is 0 Å². The van der Waals surface area contributed by atoms with Gasteiger partial charge < -0.3 is 9.72 Å². The number of hydrogen-bond acceptors (Lipinski definition) is 5. The lowest BCUT2D eigenvalue weighted by Crippen LogP contribution is -2.12. The molecule has 126 valence electrons. The minimum absolute atomic E-state index is 0.0425. The molecule has 4 aromatic heterocycles. The molecule has 0 aliphatic rings. The topological polar surface area (TPSA) is 81.5 Å². The van der Waals surface area contributed by atoms with Crippen molar-refractivity contribution in [2.24, 2.45) is 0 Å². The number of pyridine rings is 1. The summed E-state index contributed by atoms with van der Waals surface area (Å²) >= 11 is 0. The Morgan fingerprint density at radius 3 is 3.00 bits per heavy atom. The van der Waals surface area contributed by atoms with Gasteiger partial charge >= 0.3 is 0 Å². The molecule has 0 fully saturated rings. The van der Waals surface area contributed by atoms with Crippen LogP contribution >= 0.6 is 0 Å². The number of fused-ring (bicyclic) bond motifs is 1. The number of methoxy groups -OCH3 is 1. The molecular formula is C18H18N6O. The SMILES string of the molecule is CCC(c1cccnc1OC)n1cc(-c2ncnc3[nH]ccc23)cn1. The molecule has 0 radical (unpaired) electrons. The van der Waals surface area contributed by atoms with Crippen LogP contribution in [0, 0.1) is 0 Å². The molecular weight excluding hydrogens is 316 g/mol. The maximum absolute atomic E-state index is 5.41. The van der Waals surface area contributed by atoms with Crippen LogP contribution < -0.4 is 4.74 Å². The molecule has 0 aromatic carbocycles. The van der Waals surface area contributed by atoms with Gasteiger partial charge in [-0.1, -0.05) is 6.92 Å². The third kappa shape index (κ3) is 2.63. The predicted octanol–water partition coefficient (Wildman–Crippen LogP) is 3.22. The Morgan fingerprint density at radius 1 is 1.24 bits per heavy atom. The van der Waals surface area contributed by atoms with E-state index >= 15 is 0 Å². The summed E-state index contributed by atoms with van der Waals surface area (Å²) in [6, 6.07) is 5.96. The second-order valence-electron chi connectivity index (χ2n) is 5.70. The van der Waals surface area contributed by atoms with Crippen molar-refractivity contribution in [3.63, 3.8) is 0 Å². The fraction of sp³-hybridized carbons (Fsp3) is 0.222. The Morgan fingerprint density at radius 2 is 2.16 bits per heavy atom. The number of rotatable bonds is 5. The zero-order valence-corrected chi connectivity index (χ0v) is 14.0. The standard InChI is InChI=1S/C18H18N6O/c1-3-15(13-5-4-7-20-18(13)25-2)24-10-12(9-23-24)16-14-6-8-19-17(14)22-11-21-16/h4-11,15H,3H2,1-2H3,(H,19,21,22). The van der Waals surface area contributed by atoms with Gasteiger partial charge in [0, 0.05) is 35.1 Å². The predicted molar refractivity (Wildman–Crippen MR) is 94.3 cm³/mol. The summed E-state index contributed by atoms with van der Waals surface area (Å²) in [7, 11) is 1.64. The van der Waals surface area contributed by atoms with Crippen LogP contribution in [-0.2, 0) is 0 Å². The van der Waals surface area contributed by atoms with E-state index in [9.17, 15) is 0 Å². The van der Waals surface area contributed by atoms with Crippen LogP contribution in [0.25, 0.3) is 22.3 Å². The molecule has 0 aliphatic heterocycles. The summed E-state index contributed by atoms with van der Waals surface area (Å²) in [5.74, 6) is 0.626. The average molecular weight is 334 g/mol. The van der Waals surface area contributed by atoms with Crippen molar-refractivity contribution >= 4 is 11.0 Å². The van der Waals surface area contributed by atoms with Crippen molar-refractivity contribution in [2.75, 3.05) is 7.11 Å². The van der Waals surface area contributed by atoms with E-state index in [0.29, 0.717) is 5.88 Å². The summed E-state index contributed by atoms with van der Waals surface area (Å²) in [4.78, 5) is 16.1. The van der Waals surface area contributed by atoms with E-state index in [1.54, 1.807) is 19.6 Å². The van der Waals surface area contributed by atoms with Crippen molar-refractivity contribution in [3.8, 4) is 17.1 Å². The van der Waals surface area contributed by atoms with Crippen LogP contribution in [0.4, 0.5) is 0 Å². The molecule has 0 saturated carbocycles. The van der Waals surface area contributed by atoms with Gasteiger partial charge in [-0.05, 0) is 24.6 Å². The molecule has 0 saturated heterocycles. The van der Waals surface area contributed by atoms with Gasteiger partial charge in [0.05, 0.1) is 25.0 Å². The van der Waals surface area contributed by atoms with E-state index in [1.165, 1.54) is 0 Å². The molecule has 1 atom stereocenters. The first kappa shape index (κ1) is 15.3. The highest BCUT2D eigenvalue weighted by Crippen LogP contribution is 2.30. The van der Waals surface area contributed by atoms with E-state index in [4.69, 9.17) is 4.74 Å². The van der Waals surface area contributed by atoms with Gasteiger partial charge in [-0.15, -0.1) is 0 Å². The Balaban J connectivity index is 1.76. The number of ether oxygens (including phenoxy) is 1. The zero-order chi connectivity index (χ0) is 17.2. The molecule has 0 bridgehead atoms. The Hall–Kier alpha value is -3.22. The van der Waals surface area contributed by atoms with Crippen LogP contribution in [0.1, 0.15) is 24.9 Å². The molecule has 1 N–H and O–H groups in total. The normalized spacial score (nSPS) is 12.4. The first-order valence-electron chi connectivity index (χ1n) is 8.13. The Bertz CT molecular complexity index is 1010. The van der Waals surface area contributed by atoms with Crippen LogP contribution in [-0.4, -0.2) is 36.8 Å². The first-order valence-corrected chi connectivity index (χ1v) is 8.13. The monoisotopic (exact) mass is 334 g/mol. The summed E-state index contributed by atoms with van der Waals surface area (Å²) in [5, 5.41) is 5.55. The number of aromatic amines is 1. The smallest absolute Gasteiger partial charge is 0.218 e. The number of nitrogens with zero attached hydrogens (tertiary/aromatic N) is 5. The van der Waals surface area contributed by atoms with Crippen LogP contribution in [0.3, 0.4) is 0 Å². The molecule has 7 nitrogen and oxygen atoms in total. The van der Waals surface area contributed by atoms with Crippen LogP contribution in [0.2, 0.25) is 0 Å². The summed E-state index contributed by atoms with van der Waals surface area (Å²) < 4.78 is 7.35. The van der Waals surface area contributed by atoms with Gasteiger partial charge in [-0.3, -0.25) is 4.68 Å². The van der Waals surface area contributed by atoms with E-state index in [1.807, 2.05) is 41.5 Å². The minimum Gasteiger partial charge on any atom is -0.481 e. The van der Waals surface area contributed by atoms with Crippen molar-refractivity contribution in [1.82, 2.24) is 29.7 Å². The quantitative estimate of drug-likeness (QED) is 0.606. The van der Waals surface area contributed by atoms with Gasteiger partial charge in [0.25, 0.3) is 0 Å². The van der Waals surface area contributed by atoms with Crippen molar-refractivity contribution in [3.05, 3.63) is 54.9 Å². The fourth-order valence-electron chi connectivity index (χ4n) is 3.11. The molecule has 1 unspecified atom stereocenters. The highest BCUT2D eigenvalue weighted by Gasteiger charge is 2.19. The van der Waals surface area contributed by atoms with Crippen molar-refractivity contribution in [2.45, 2.75) is 19.4 Å². The van der Waals surface area contributed by atoms with Gasteiger partial charge in [0.1, 0.15) is 12.0 Å². The first-order chi connectivity index (χ1) is 12.3. The molecule has 4 aromatic rings. The molecule has 25 heavy (non-hydrogen) atoms.